The summed E-state index contributed by atoms with van der Waals surface area (Å²) >= 11 is 0. The molecule has 0 bridgehead atoms. The van der Waals surface area contributed by atoms with E-state index in [1.807, 2.05) is 36.4 Å². The monoisotopic (exact) mass is 566 g/mol. The summed E-state index contributed by atoms with van der Waals surface area (Å²) in [5, 5.41) is 0. The van der Waals surface area contributed by atoms with E-state index in [1.54, 1.807) is 21.3 Å². The number of hydrogen-bond donors (Lipinski definition) is 0. The fourth-order valence-electron chi connectivity index (χ4n) is 5.70. The standard InChI is InChI=1S/C33H40F2N2O4/c1-39-31-19-24(20-32(40-2)33(31)41-3)21-36-17-18-37(29(22-36)23-38)16-6-4-5-7-30(25-8-12-27(34)13-9-25)26-10-14-28(35)15-11-26/h8-15,19-20,23,29-30H,4-7,16-18,21-22H2,1-3H3. The third-order valence-electron chi connectivity index (χ3n) is 7.89. The van der Waals surface area contributed by atoms with Crippen molar-refractivity contribution in [3.05, 3.63) is 89.0 Å². The first-order chi connectivity index (χ1) is 19.9. The predicted molar refractivity (Wildman–Crippen MR) is 156 cm³/mol. The molecule has 1 saturated heterocycles. The third-order valence-corrected chi connectivity index (χ3v) is 7.89. The number of piperazine rings is 1. The lowest BCUT2D eigenvalue weighted by Gasteiger charge is -2.39. The predicted octanol–water partition coefficient (Wildman–Crippen LogP) is 6.07. The van der Waals surface area contributed by atoms with Crippen LogP contribution in [0.25, 0.3) is 0 Å². The highest BCUT2D eigenvalue weighted by molar-refractivity contribution is 5.58. The second-order valence-corrected chi connectivity index (χ2v) is 10.5. The van der Waals surface area contributed by atoms with Gasteiger partial charge in [0.2, 0.25) is 5.75 Å². The van der Waals surface area contributed by atoms with Crippen LogP contribution < -0.4 is 14.2 Å². The van der Waals surface area contributed by atoms with Crippen LogP contribution in [0.2, 0.25) is 0 Å². The maximum atomic E-state index is 13.5. The molecule has 0 amide bonds. The van der Waals surface area contributed by atoms with Crippen molar-refractivity contribution >= 4 is 6.29 Å². The van der Waals surface area contributed by atoms with Gasteiger partial charge in [-0.1, -0.05) is 37.1 Å². The van der Waals surface area contributed by atoms with Gasteiger partial charge in [-0.25, -0.2) is 8.78 Å². The zero-order valence-corrected chi connectivity index (χ0v) is 24.2. The molecule has 0 aliphatic carbocycles. The topological polar surface area (TPSA) is 51.2 Å². The Morgan fingerprint density at radius 2 is 1.41 bits per heavy atom. The number of aldehydes is 1. The lowest BCUT2D eigenvalue weighted by Crippen LogP contribution is -2.53. The summed E-state index contributed by atoms with van der Waals surface area (Å²) in [7, 11) is 4.80. The zero-order chi connectivity index (χ0) is 29.2. The number of halogens is 2. The van der Waals surface area contributed by atoms with Crippen LogP contribution in [0.15, 0.2) is 60.7 Å². The summed E-state index contributed by atoms with van der Waals surface area (Å²) in [4.78, 5) is 16.6. The minimum Gasteiger partial charge on any atom is -0.493 e. The van der Waals surface area contributed by atoms with E-state index in [1.165, 1.54) is 24.3 Å². The molecule has 0 saturated carbocycles. The minimum absolute atomic E-state index is 0.0812. The largest absolute Gasteiger partial charge is 0.493 e. The summed E-state index contributed by atoms with van der Waals surface area (Å²) in [5.74, 6) is 1.36. The maximum Gasteiger partial charge on any atom is 0.203 e. The van der Waals surface area contributed by atoms with Gasteiger partial charge in [-0.3, -0.25) is 9.80 Å². The van der Waals surface area contributed by atoms with Crippen molar-refractivity contribution in [2.45, 2.75) is 44.2 Å². The third kappa shape index (κ3) is 8.05. The summed E-state index contributed by atoms with van der Waals surface area (Å²) in [6, 6.07) is 16.9. The second kappa shape index (κ2) is 14.9. The molecule has 4 rings (SSSR count). The number of nitrogens with zero attached hydrogens (tertiary/aromatic N) is 2. The molecule has 0 spiro atoms. The first kappa shape index (κ1) is 30.5. The van der Waals surface area contributed by atoms with Gasteiger partial charge >= 0.3 is 0 Å². The normalized spacial score (nSPS) is 16.1. The Balaban J connectivity index is 1.28. The number of carbonyl (C=O) groups is 1. The average molecular weight is 567 g/mol. The molecule has 220 valence electrons. The molecular formula is C33H40F2N2O4. The average Bonchev–Trinajstić information content (AvgIpc) is 3.00. The van der Waals surface area contributed by atoms with Crippen molar-refractivity contribution in [1.82, 2.24) is 9.80 Å². The van der Waals surface area contributed by atoms with Gasteiger partial charge in [-0.15, -0.1) is 0 Å². The summed E-state index contributed by atoms with van der Waals surface area (Å²) in [6.07, 6.45) is 4.91. The van der Waals surface area contributed by atoms with Crippen LogP contribution in [0.3, 0.4) is 0 Å². The molecular weight excluding hydrogens is 526 g/mol. The van der Waals surface area contributed by atoms with Crippen LogP contribution in [-0.4, -0.2) is 69.6 Å². The molecule has 0 N–H and O–H groups in total. The first-order valence-corrected chi connectivity index (χ1v) is 14.2. The summed E-state index contributed by atoms with van der Waals surface area (Å²) in [6.45, 7) is 3.89. The molecule has 6 nitrogen and oxygen atoms in total. The Kier molecular flexibility index (Phi) is 11.1. The van der Waals surface area contributed by atoms with Crippen molar-refractivity contribution in [2.75, 3.05) is 47.5 Å². The molecule has 0 radical (unpaired) electrons. The molecule has 3 aromatic carbocycles. The minimum atomic E-state index is -0.264. The van der Waals surface area contributed by atoms with Gasteiger partial charge in [0.25, 0.3) is 0 Å². The lowest BCUT2D eigenvalue weighted by molar-refractivity contribution is -0.114. The van der Waals surface area contributed by atoms with Crippen molar-refractivity contribution in [1.29, 1.82) is 0 Å². The van der Waals surface area contributed by atoms with Gasteiger partial charge in [0.05, 0.1) is 27.4 Å². The lowest BCUT2D eigenvalue weighted by atomic mass is 9.87. The van der Waals surface area contributed by atoms with Crippen molar-refractivity contribution < 1.29 is 27.8 Å². The van der Waals surface area contributed by atoms with Crippen LogP contribution in [0.5, 0.6) is 17.2 Å². The van der Waals surface area contributed by atoms with Gasteiger partial charge in [-0.05, 0) is 72.5 Å². The molecule has 0 aromatic heterocycles. The molecule has 1 atom stereocenters. The molecule has 1 aliphatic heterocycles. The van der Waals surface area contributed by atoms with E-state index >= 15 is 0 Å². The van der Waals surface area contributed by atoms with E-state index < -0.39 is 0 Å². The number of methoxy groups -OCH3 is 3. The van der Waals surface area contributed by atoms with Gasteiger partial charge < -0.3 is 19.0 Å². The Morgan fingerprint density at radius 3 is 1.93 bits per heavy atom. The number of ether oxygens (including phenoxy) is 3. The van der Waals surface area contributed by atoms with Gasteiger partial charge in [-0.2, -0.15) is 0 Å². The Labute approximate surface area is 241 Å². The van der Waals surface area contributed by atoms with Crippen LogP contribution in [-0.2, 0) is 11.3 Å². The van der Waals surface area contributed by atoms with E-state index in [2.05, 4.69) is 9.80 Å². The molecule has 1 unspecified atom stereocenters. The van der Waals surface area contributed by atoms with E-state index in [0.29, 0.717) is 30.3 Å². The highest BCUT2D eigenvalue weighted by atomic mass is 19.1. The van der Waals surface area contributed by atoms with Crippen LogP contribution >= 0.6 is 0 Å². The van der Waals surface area contributed by atoms with Crippen LogP contribution in [0, 0.1) is 11.6 Å². The number of benzene rings is 3. The van der Waals surface area contributed by atoms with E-state index in [9.17, 15) is 13.6 Å². The number of rotatable bonds is 14. The fraction of sp³-hybridized carbons (Fsp3) is 0.424. The SMILES string of the molecule is COc1cc(CN2CCN(CCCCCC(c3ccc(F)cc3)c3ccc(F)cc3)C(C=O)C2)cc(OC)c1OC. The number of hydrogen-bond acceptors (Lipinski definition) is 6. The first-order valence-electron chi connectivity index (χ1n) is 14.2. The number of carbonyl (C=O) groups excluding carboxylic acids is 1. The fourth-order valence-corrected chi connectivity index (χ4v) is 5.70. The van der Waals surface area contributed by atoms with Crippen molar-refractivity contribution in [3.63, 3.8) is 0 Å². The quantitative estimate of drug-likeness (QED) is 0.175. The van der Waals surface area contributed by atoms with Gasteiger partial charge in [0, 0.05) is 32.1 Å². The van der Waals surface area contributed by atoms with Crippen molar-refractivity contribution in [2.24, 2.45) is 0 Å². The Morgan fingerprint density at radius 1 is 0.829 bits per heavy atom. The smallest absolute Gasteiger partial charge is 0.203 e. The zero-order valence-electron chi connectivity index (χ0n) is 24.2. The van der Waals surface area contributed by atoms with Gasteiger partial charge in [0.15, 0.2) is 11.5 Å². The Bertz CT molecular complexity index is 1180. The van der Waals surface area contributed by atoms with E-state index in [-0.39, 0.29) is 23.6 Å². The highest BCUT2D eigenvalue weighted by Crippen LogP contribution is 2.38. The van der Waals surface area contributed by atoms with E-state index in [0.717, 1.165) is 68.3 Å². The molecule has 41 heavy (non-hydrogen) atoms. The van der Waals surface area contributed by atoms with Crippen LogP contribution in [0.4, 0.5) is 8.78 Å². The molecule has 1 aliphatic rings. The molecule has 8 heteroatoms. The second-order valence-electron chi connectivity index (χ2n) is 10.5. The highest BCUT2D eigenvalue weighted by Gasteiger charge is 2.27. The molecule has 1 fully saturated rings. The summed E-state index contributed by atoms with van der Waals surface area (Å²) in [5.41, 5.74) is 3.10. The van der Waals surface area contributed by atoms with Crippen molar-refractivity contribution in [3.8, 4) is 17.2 Å². The summed E-state index contributed by atoms with van der Waals surface area (Å²) < 4.78 is 43.4. The Hall–Kier alpha value is -3.49. The molecule has 3 aromatic rings. The van der Waals surface area contributed by atoms with E-state index in [4.69, 9.17) is 14.2 Å². The van der Waals surface area contributed by atoms with Gasteiger partial charge in [0.1, 0.15) is 17.9 Å². The number of unbranched alkanes of at least 4 members (excludes halogenated alkanes) is 2. The maximum absolute atomic E-state index is 13.5. The molecule has 1 heterocycles. The van der Waals surface area contributed by atoms with Crippen LogP contribution in [0.1, 0.15) is 48.3 Å².